The van der Waals surface area contributed by atoms with Crippen LogP contribution in [-0.2, 0) is 11.3 Å². The number of thiophene rings is 1. The molecule has 1 heterocycles. The summed E-state index contributed by atoms with van der Waals surface area (Å²) in [7, 11) is 0. The highest BCUT2D eigenvalue weighted by Crippen LogP contribution is 2.23. The van der Waals surface area contributed by atoms with Gasteiger partial charge < -0.3 is 5.11 Å². The van der Waals surface area contributed by atoms with Crippen LogP contribution >= 0.6 is 27.3 Å². The Morgan fingerprint density at radius 2 is 2.26 bits per heavy atom. The highest BCUT2D eigenvalue weighted by Gasteiger charge is 2.22. The molecule has 1 aromatic heterocycles. The van der Waals surface area contributed by atoms with Gasteiger partial charge in [0, 0.05) is 21.5 Å². The molecule has 1 aromatic carbocycles. The number of nitrogens with one attached hydrogen (secondary N) is 1. The van der Waals surface area contributed by atoms with Gasteiger partial charge in [0.2, 0.25) is 0 Å². The first-order valence-corrected chi connectivity index (χ1v) is 7.18. The third-order valence-electron chi connectivity index (χ3n) is 2.58. The molecule has 100 valence electrons. The second-order valence-electron chi connectivity index (χ2n) is 3.90. The first kappa shape index (κ1) is 14.2. The Hall–Kier alpha value is -1.24. The van der Waals surface area contributed by atoms with Gasteiger partial charge >= 0.3 is 5.97 Å². The zero-order valence-corrected chi connectivity index (χ0v) is 12.2. The molecule has 0 aliphatic heterocycles. The van der Waals surface area contributed by atoms with Crippen LogP contribution in [0.2, 0.25) is 0 Å². The molecular formula is C13H11BrFNO2S. The van der Waals surface area contributed by atoms with Crippen molar-refractivity contribution in [3.05, 3.63) is 56.4 Å². The molecule has 0 aliphatic rings. The molecular weight excluding hydrogens is 333 g/mol. The van der Waals surface area contributed by atoms with Gasteiger partial charge in [0.25, 0.3) is 0 Å². The highest BCUT2D eigenvalue weighted by molar-refractivity contribution is 9.10. The van der Waals surface area contributed by atoms with Gasteiger partial charge in [-0.15, -0.1) is 11.3 Å². The standard InChI is InChI=1S/C13H11BrFNO2S/c14-8-3-4-11(15)10(6-8)12(13(17)18)16-7-9-2-1-5-19-9/h1-6,12,16H,7H2,(H,17,18). The average Bonchev–Trinajstić information content (AvgIpc) is 2.86. The summed E-state index contributed by atoms with van der Waals surface area (Å²) in [6, 6.07) is 6.99. The first-order chi connectivity index (χ1) is 9.08. The van der Waals surface area contributed by atoms with E-state index in [1.54, 1.807) is 0 Å². The predicted molar refractivity (Wildman–Crippen MR) is 75.6 cm³/mol. The number of aliphatic carboxylic acids is 1. The lowest BCUT2D eigenvalue weighted by Gasteiger charge is -2.15. The van der Waals surface area contributed by atoms with E-state index in [-0.39, 0.29) is 5.56 Å². The van der Waals surface area contributed by atoms with Crippen LogP contribution in [0.3, 0.4) is 0 Å². The van der Waals surface area contributed by atoms with Crippen molar-refractivity contribution in [2.24, 2.45) is 0 Å². The summed E-state index contributed by atoms with van der Waals surface area (Å²) < 4.78 is 14.4. The lowest BCUT2D eigenvalue weighted by molar-refractivity contribution is -0.139. The van der Waals surface area contributed by atoms with E-state index < -0.39 is 17.8 Å². The normalized spacial score (nSPS) is 12.3. The fourth-order valence-corrected chi connectivity index (χ4v) is 2.72. The second-order valence-corrected chi connectivity index (χ2v) is 5.85. The number of rotatable bonds is 5. The van der Waals surface area contributed by atoms with Gasteiger partial charge in [-0.3, -0.25) is 10.1 Å². The number of carboxylic acid groups (broad SMARTS) is 1. The molecule has 3 nitrogen and oxygen atoms in total. The molecule has 2 N–H and O–H groups in total. The molecule has 0 saturated carbocycles. The number of carbonyl (C=O) groups is 1. The topological polar surface area (TPSA) is 49.3 Å². The summed E-state index contributed by atoms with van der Waals surface area (Å²) in [5.41, 5.74) is 0.124. The summed E-state index contributed by atoms with van der Waals surface area (Å²) in [5.74, 6) is -1.64. The molecule has 2 rings (SSSR count). The van der Waals surface area contributed by atoms with Gasteiger partial charge in [0.05, 0.1) is 0 Å². The Morgan fingerprint density at radius 1 is 1.47 bits per heavy atom. The second kappa shape index (κ2) is 6.27. The zero-order valence-electron chi connectivity index (χ0n) is 9.77. The SMILES string of the molecule is O=C(O)C(NCc1cccs1)c1cc(Br)ccc1F. The summed E-state index contributed by atoms with van der Waals surface area (Å²) in [4.78, 5) is 12.3. The van der Waals surface area contributed by atoms with E-state index >= 15 is 0 Å². The smallest absolute Gasteiger partial charge is 0.325 e. The van der Waals surface area contributed by atoms with Crippen molar-refractivity contribution in [1.82, 2.24) is 5.32 Å². The molecule has 0 spiro atoms. The molecule has 1 atom stereocenters. The van der Waals surface area contributed by atoms with Gasteiger partial charge in [-0.05, 0) is 29.6 Å². The molecule has 0 bridgehead atoms. The minimum atomic E-state index is -1.10. The largest absolute Gasteiger partial charge is 0.480 e. The predicted octanol–water partition coefficient (Wildman–Crippen LogP) is 3.57. The zero-order chi connectivity index (χ0) is 13.8. The lowest BCUT2D eigenvalue weighted by Crippen LogP contribution is -2.28. The van der Waals surface area contributed by atoms with Crippen LogP contribution in [0.15, 0.2) is 40.2 Å². The summed E-state index contributed by atoms with van der Waals surface area (Å²) in [6.07, 6.45) is 0. The quantitative estimate of drug-likeness (QED) is 0.872. The molecule has 2 aromatic rings. The maximum absolute atomic E-state index is 13.7. The van der Waals surface area contributed by atoms with Crippen LogP contribution in [0.4, 0.5) is 4.39 Å². The molecule has 0 radical (unpaired) electrons. The minimum absolute atomic E-state index is 0.124. The maximum Gasteiger partial charge on any atom is 0.325 e. The molecule has 19 heavy (non-hydrogen) atoms. The molecule has 0 amide bonds. The van der Waals surface area contributed by atoms with Crippen molar-refractivity contribution in [3.8, 4) is 0 Å². The van der Waals surface area contributed by atoms with Crippen LogP contribution in [0.5, 0.6) is 0 Å². The van der Waals surface area contributed by atoms with E-state index in [9.17, 15) is 14.3 Å². The van der Waals surface area contributed by atoms with Crippen LogP contribution in [-0.4, -0.2) is 11.1 Å². The van der Waals surface area contributed by atoms with Crippen molar-refractivity contribution < 1.29 is 14.3 Å². The van der Waals surface area contributed by atoms with Gasteiger partial charge in [-0.1, -0.05) is 22.0 Å². The Bertz CT molecular complexity index is 574. The van der Waals surface area contributed by atoms with Gasteiger partial charge in [-0.25, -0.2) is 4.39 Å². The number of hydrogen-bond acceptors (Lipinski definition) is 3. The van der Waals surface area contributed by atoms with E-state index in [2.05, 4.69) is 21.2 Å². The van der Waals surface area contributed by atoms with E-state index in [0.29, 0.717) is 11.0 Å². The Labute approximate surface area is 122 Å². The molecule has 0 aliphatic carbocycles. The van der Waals surface area contributed by atoms with E-state index in [0.717, 1.165) is 4.88 Å². The fraction of sp³-hybridized carbons (Fsp3) is 0.154. The van der Waals surface area contributed by atoms with Crippen molar-refractivity contribution in [2.75, 3.05) is 0 Å². The van der Waals surface area contributed by atoms with Crippen LogP contribution in [0.1, 0.15) is 16.5 Å². The molecule has 0 saturated heterocycles. The average molecular weight is 344 g/mol. The summed E-state index contributed by atoms with van der Waals surface area (Å²) in [5, 5.41) is 14.0. The third-order valence-corrected chi connectivity index (χ3v) is 3.95. The van der Waals surface area contributed by atoms with Crippen molar-refractivity contribution in [1.29, 1.82) is 0 Å². The van der Waals surface area contributed by atoms with Crippen LogP contribution < -0.4 is 5.32 Å². The van der Waals surface area contributed by atoms with Crippen LogP contribution in [0.25, 0.3) is 0 Å². The van der Waals surface area contributed by atoms with E-state index in [1.165, 1.54) is 29.5 Å². The van der Waals surface area contributed by atoms with Gasteiger partial charge in [-0.2, -0.15) is 0 Å². The van der Waals surface area contributed by atoms with Gasteiger partial charge in [0.15, 0.2) is 0 Å². The maximum atomic E-state index is 13.7. The molecule has 0 fully saturated rings. The first-order valence-electron chi connectivity index (χ1n) is 5.51. The van der Waals surface area contributed by atoms with Crippen molar-refractivity contribution in [2.45, 2.75) is 12.6 Å². The number of hydrogen-bond donors (Lipinski definition) is 2. The van der Waals surface area contributed by atoms with Crippen molar-refractivity contribution >= 4 is 33.2 Å². The minimum Gasteiger partial charge on any atom is -0.480 e. The Kier molecular flexibility index (Phi) is 4.68. The number of halogens is 2. The molecule has 6 heteroatoms. The van der Waals surface area contributed by atoms with Gasteiger partial charge in [0.1, 0.15) is 11.9 Å². The Morgan fingerprint density at radius 3 is 2.89 bits per heavy atom. The third kappa shape index (κ3) is 3.62. The number of benzene rings is 1. The highest BCUT2D eigenvalue weighted by atomic mass is 79.9. The number of carboxylic acids is 1. The van der Waals surface area contributed by atoms with Crippen molar-refractivity contribution in [3.63, 3.8) is 0 Å². The van der Waals surface area contributed by atoms with E-state index in [1.807, 2.05) is 17.5 Å². The van der Waals surface area contributed by atoms with Crippen LogP contribution in [0, 0.1) is 5.82 Å². The monoisotopic (exact) mass is 343 g/mol. The van der Waals surface area contributed by atoms with E-state index in [4.69, 9.17) is 0 Å². The summed E-state index contributed by atoms with van der Waals surface area (Å²) in [6.45, 7) is 0.389. The molecule has 1 unspecified atom stereocenters. The Balaban J connectivity index is 2.20. The fourth-order valence-electron chi connectivity index (χ4n) is 1.68. The summed E-state index contributed by atoms with van der Waals surface area (Å²) >= 11 is 4.74. The lowest BCUT2D eigenvalue weighted by atomic mass is 10.1.